The summed E-state index contributed by atoms with van der Waals surface area (Å²) in [5, 5.41) is 0. The summed E-state index contributed by atoms with van der Waals surface area (Å²) in [6.07, 6.45) is 0. The molecule has 19 heavy (non-hydrogen) atoms. The van der Waals surface area contributed by atoms with Gasteiger partial charge >= 0.3 is 0 Å². The lowest BCUT2D eigenvalue weighted by Gasteiger charge is -2.15. The van der Waals surface area contributed by atoms with Gasteiger partial charge in [0.15, 0.2) is 0 Å². The van der Waals surface area contributed by atoms with E-state index >= 15 is 0 Å². The summed E-state index contributed by atoms with van der Waals surface area (Å²) in [6, 6.07) is 6.33. The van der Waals surface area contributed by atoms with Crippen molar-refractivity contribution >= 4 is 15.9 Å². The number of hydrogen-bond donors (Lipinski definition) is 2. The van der Waals surface area contributed by atoms with Crippen LogP contribution in [0, 0.1) is 0 Å². The number of amides is 1. The second-order valence-electron chi connectivity index (χ2n) is 4.08. The van der Waals surface area contributed by atoms with Crippen LogP contribution in [0.15, 0.2) is 29.2 Å². The Kier molecular flexibility index (Phi) is 5.46. The van der Waals surface area contributed by atoms with Gasteiger partial charge in [-0.05, 0) is 24.6 Å². The molecular weight excluding hydrogens is 266 g/mol. The molecule has 0 aliphatic heterocycles. The number of carbonyl (C=O) groups is 1. The number of sulfonamides is 1. The fourth-order valence-corrected chi connectivity index (χ4v) is 2.44. The first-order chi connectivity index (χ1) is 8.90. The largest absolute Gasteiger partial charge is 0.345 e. The van der Waals surface area contributed by atoms with Gasteiger partial charge in [-0.2, -0.15) is 0 Å². The van der Waals surface area contributed by atoms with Crippen molar-refractivity contribution in [2.45, 2.75) is 18.4 Å². The molecule has 0 heterocycles. The summed E-state index contributed by atoms with van der Waals surface area (Å²) >= 11 is 0. The number of benzene rings is 1. The highest BCUT2D eigenvalue weighted by Gasteiger charge is 2.16. The molecule has 0 unspecified atom stereocenters. The molecule has 6 nitrogen and oxygen atoms in total. The van der Waals surface area contributed by atoms with Crippen LogP contribution in [0.2, 0.25) is 0 Å². The number of nitrogens with zero attached hydrogens (tertiary/aromatic N) is 1. The Labute approximate surface area is 113 Å². The Bertz CT molecular complexity index is 543. The molecule has 0 bridgehead atoms. The highest BCUT2D eigenvalue weighted by Crippen LogP contribution is 2.10. The molecule has 0 aromatic heterocycles. The van der Waals surface area contributed by atoms with Crippen LogP contribution in [0.4, 0.5) is 0 Å². The molecule has 0 aliphatic carbocycles. The van der Waals surface area contributed by atoms with Gasteiger partial charge in [-0.3, -0.25) is 4.79 Å². The van der Waals surface area contributed by atoms with Crippen LogP contribution in [0.1, 0.15) is 12.5 Å². The molecule has 106 valence electrons. The average molecular weight is 285 g/mol. The molecule has 7 heteroatoms. The Morgan fingerprint density at radius 1 is 1.42 bits per heavy atom. The first-order valence-corrected chi connectivity index (χ1v) is 7.41. The van der Waals surface area contributed by atoms with Crippen molar-refractivity contribution in [2.24, 2.45) is 5.73 Å². The maximum Gasteiger partial charge on any atom is 0.241 e. The molecule has 1 rings (SSSR count). The topological polar surface area (TPSA) is 92.5 Å². The monoisotopic (exact) mass is 285 g/mol. The van der Waals surface area contributed by atoms with E-state index < -0.39 is 10.0 Å². The van der Waals surface area contributed by atoms with Gasteiger partial charge in [0.1, 0.15) is 0 Å². The minimum atomic E-state index is -3.68. The number of nitrogens with one attached hydrogen (secondary N) is 1. The summed E-state index contributed by atoms with van der Waals surface area (Å²) in [5.41, 5.74) is 6.19. The van der Waals surface area contributed by atoms with E-state index in [1.165, 1.54) is 17.0 Å². The van der Waals surface area contributed by atoms with Gasteiger partial charge in [0, 0.05) is 20.1 Å². The number of likely N-dealkylation sites (N-methyl/N-ethyl adjacent to an activating group) is 1. The van der Waals surface area contributed by atoms with Crippen molar-refractivity contribution in [3.63, 3.8) is 0 Å². The van der Waals surface area contributed by atoms with Crippen molar-refractivity contribution in [3.8, 4) is 0 Å². The van der Waals surface area contributed by atoms with E-state index in [0.717, 1.165) is 5.56 Å². The van der Waals surface area contributed by atoms with E-state index in [-0.39, 0.29) is 23.9 Å². The molecule has 3 N–H and O–H groups in total. The van der Waals surface area contributed by atoms with Gasteiger partial charge in [0.2, 0.25) is 15.9 Å². The van der Waals surface area contributed by atoms with Crippen molar-refractivity contribution in [1.82, 2.24) is 9.62 Å². The lowest BCUT2D eigenvalue weighted by molar-refractivity contribution is -0.128. The maximum atomic E-state index is 12.0. The molecule has 0 spiro atoms. The molecule has 0 saturated heterocycles. The third-order valence-electron chi connectivity index (χ3n) is 2.76. The molecule has 0 atom stereocenters. The Balaban J connectivity index is 2.78. The van der Waals surface area contributed by atoms with E-state index in [0.29, 0.717) is 6.54 Å². The van der Waals surface area contributed by atoms with E-state index in [1.54, 1.807) is 19.2 Å². The molecule has 0 aliphatic rings. The first-order valence-electron chi connectivity index (χ1n) is 5.93. The quantitative estimate of drug-likeness (QED) is 0.763. The average Bonchev–Trinajstić information content (AvgIpc) is 2.43. The number of rotatable bonds is 6. The second-order valence-corrected chi connectivity index (χ2v) is 5.85. The summed E-state index contributed by atoms with van der Waals surface area (Å²) in [5.74, 6) is -0.277. The number of hydrogen-bond acceptors (Lipinski definition) is 4. The normalized spacial score (nSPS) is 11.3. The van der Waals surface area contributed by atoms with Gasteiger partial charge in [0.05, 0.1) is 11.4 Å². The number of carbonyl (C=O) groups excluding carboxylic acids is 1. The highest BCUT2D eigenvalue weighted by atomic mass is 32.2. The fraction of sp³-hybridized carbons (Fsp3) is 0.417. The van der Waals surface area contributed by atoms with E-state index in [1.807, 2.05) is 6.92 Å². The summed E-state index contributed by atoms with van der Waals surface area (Å²) in [7, 11) is -2.07. The Hall–Kier alpha value is -1.44. The Morgan fingerprint density at radius 3 is 2.68 bits per heavy atom. The van der Waals surface area contributed by atoms with Crippen molar-refractivity contribution < 1.29 is 13.2 Å². The predicted octanol–water partition coefficient (Wildman–Crippen LogP) is -0.0981. The number of nitrogens with two attached hydrogens (primary N) is 1. The predicted molar refractivity (Wildman–Crippen MR) is 72.8 cm³/mol. The van der Waals surface area contributed by atoms with Crippen molar-refractivity contribution in [3.05, 3.63) is 29.8 Å². The molecule has 0 radical (unpaired) electrons. The maximum absolute atomic E-state index is 12.0. The SMILES string of the molecule is CCN(C)C(=O)CNS(=O)(=O)c1cccc(CN)c1. The van der Waals surface area contributed by atoms with Gasteiger partial charge < -0.3 is 10.6 Å². The lowest BCUT2D eigenvalue weighted by Crippen LogP contribution is -2.37. The standard InChI is InChI=1S/C12H19N3O3S/c1-3-15(2)12(16)9-14-19(17,18)11-6-4-5-10(7-11)8-13/h4-7,14H,3,8-9,13H2,1-2H3. The third kappa shape index (κ3) is 4.30. The van der Waals surface area contributed by atoms with Crippen LogP contribution < -0.4 is 10.5 Å². The lowest BCUT2D eigenvalue weighted by atomic mass is 10.2. The molecular formula is C12H19N3O3S. The molecule has 0 saturated carbocycles. The van der Waals surface area contributed by atoms with Crippen LogP contribution in [0.5, 0.6) is 0 Å². The molecule has 1 aromatic carbocycles. The van der Waals surface area contributed by atoms with E-state index in [9.17, 15) is 13.2 Å². The summed E-state index contributed by atoms with van der Waals surface area (Å²) < 4.78 is 26.3. The summed E-state index contributed by atoms with van der Waals surface area (Å²) in [6.45, 7) is 2.36. The fourth-order valence-electron chi connectivity index (χ4n) is 1.39. The third-order valence-corrected chi connectivity index (χ3v) is 4.16. The highest BCUT2D eigenvalue weighted by molar-refractivity contribution is 7.89. The van der Waals surface area contributed by atoms with Crippen LogP contribution in [-0.4, -0.2) is 39.4 Å². The minimum Gasteiger partial charge on any atom is -0.345 e. The van der Waals surface area contributed by atoms with Gasteiger partial charge in [0.25, 0.3) is 0 Å². The second kappa shape index (κ2) is 6.65. The van der Waals surface area contributed by atoms with Crippen molar-refractivity contribution in [1.29, 1.82) is 0 Å². The van der Waals surface area contributed by atoms with E-state index in [2.05, 4.69) is 4.72 Å². The van der Waals surface area contributed by atoms with E-state index in [4.69, 9.17) is 5.73 Å². The van der Waals surface area contributed by atoms with Crippen LogP contribution in [0.3, 0.4) is 0 Å². The van der Waals surface area contributed by atoms with Crippen LogP contribution in [0.25, 0.3) is 0 Å². The zero-order valence-electron chi connectivity index (χ0n) is 11.1. The zero-order valence-corrected chi connectivity index (χ0v) is 11.9. The van der Waals surface area contributed by atoms with Gasteiger partial charge in [-0.15, -0.1) is 0 Å². The van der Waals surface area contributed by atoms with Crippen LogP contribution >= 0.6 is 0 Å². The minimum absolute atomic E-state index is 0.113. The Morgan fingerprint density at radius 2 is 2.11 bits per heavy atom. The molecule has 1 aromatic rings. The van der Waals surface area contributed by atoms with Gasteiger partial charge in [-0.1, -0.05) is 12.1 Å². The molecule has 1 amide bonds. The molecule has 0 fully saturated rings. The van der Waals surface area contributed by atoms with Crippen molar-refractivity contribution in [2.75, 3.05) is 20.1 Å². The first kappa shape index (κ1) is 15.6. The smallest absolute Gasteiger partial charge is 0.241 e. The van der Waals surface area contributed by atoms with Crippen LogP contribution in [-0.2, 0) is 21.4 Å². The van der Waals surface area contributed by atoms with Gasteiger partial charge in [-0.25, -0.2) is 13.1 Å². The summed E-state index contributed by atoms with van der Waals surface area (Å²) in [4.78, 5) is 13.1. The zero-order chi connectivity index (χ0) is 14.5.